The lowest BCUT2D eigenvalue weighted by atomic mass is 10.0. The van der Waals surface area contributed by atoms with Gasteiger partial charge in [-0.25, -0.2) is 0 Å². The van der Waals surface area contributed by atoms with Gasteiger partial charge in [0.1, 0.15) is 5.75 Å². The first-order valence-electron chi connectivity index (χ1n) is 7.10. The number of methoxy groups -OCH3 is 1. The quantitative estimate of drug-likeness (QED) is 0.917. The van der Waals surface area contributed by atoms with Crippen LogP contribution in [0.3, 0.4) is 0 Å². The minimum atomic E-state index is -0.543. The van der Waals surface area contributed by atoms with Gasteiger partial charge in [-0.1, -0.05) is 11.6 Å². The van der Waals surface area contributed by atoms with Gasteiger partial charge >= 0.3 is 0 Å². The van der Waals surface area contributed by atoms with E-state index in [-0.39, 0.29) is 5.60 Å². The van der Waals surface area contributed by atoms with Crippen LogP contribution in [0.4, 0.5) is 0 Å². The fraction of sp³-hybridized carbons (Fsp3) is 0.625. The van der Waals surface area contributed by atoms with Gasteiger partial charge in [0.15, 0.2) is 0 Å². The number of hydrogen-bond acceptors (Lipinski definition) is 4. The van der Waals surface area contributed by atoms with Crippen LogP contribution in [-0.4, -0.2) is 49.0 Å². The molecule has 20 heavy (non-hydrogen) atoms. The van der Waals surface area contributed by atoms with E-state index < -0.39 is 6.10 Å². The van der Waals surface area contributed by atoms with Crippen molar-refractivity contribution < 1.29 is 14.6 Å². The molecule has 1 heterocycles. The largest absolute Gasteiger partial charge is 0.496 e. The average Bonchev–Trinajstić information content (AvgIpc) is 2.37. The van der Waals surface area contributed by atoms with Crippen LogP contribution in [0.2, 0.25) is 0 Å². The van der Waals surface area contributed by atoms with Crippen LogP contribution in [0, 0.1) is 6.92 Å². The first-order valence-corrected chi connectivity index (χ1v) is 7.10. The molecule has 1 N–H and O–H groups in total. The highest BCUT2D eigenvalue weighted by Crippen LogP contribution is 2.28. The normalized spacial score (nSPS) is 20.6. The van der Waals surface area contributed by atoms with E-state index in [9.17, 15) is 5.11 Å². The maximum absolute atomic E-state index is 10.5. The maximum atomic E-state index is 10.5. The topological polar surface area (TPSA) is 41.9 Å². The van der Waals surface area contributed by atoms with E-state index in [1.54, 1.807) is 7.11 Å². The Labute approximate surface area is 121 Å². The maximum Gasteiger partial charge on any atom is 0.124 e. The predicted octanol–water partition coefficient (Wildman–Crippen LogP) is 2.15. The Morgan fingerprint density at radius 2 is 2.20 bits per heavy atom. The van der Waals surface area contributed by atoms with E-state index in [1.807, 2.05) is 25.1 Å². The van der Waals surface area contributed by atoms with Crippen molar-refractivity contribution >= 4 is 0 Å². The molecule has 1 unspecified atom stereocenters. The number of morpholine rings is 1. The summed E-state index contributed by atoms with van der Waals surface area (Å²) in [5.74, 6) is 0.746. The van der Waals surface area contributed by atoms with E-state index in [4.69, 9.17) is 9.47 Å². The number of nitrogens with zero attached hydrogens (tertiary/aromatic N) is 1. The SMILES string of the molecule is COc1ccc(C)cc1C(O)CN1CCOC(C)(C)C1. The second-order valence-corrected chi connectivity index (χ2v) is 6.10. The van der Waals surface area contributed by atoms with E-state index in [2.05, 4.69) is 18.7 Å². The summed E-state index contributed by atoms with van der Waals surface area (Å²) in [4.78, 5) is 2.25. The van der Waals surface area contributed by atoms with Crippen LogP contribution in [-0.2, 0) is 4.74 Å². The fourth-order valence-corrected chi connectivity index (χ4v) is 2.73. The highest BCUT2D eigenvalue weighted by molar-refractivity contribution is 5.38. The third kappa shape index (κ3) is 3.72. The minimum Gasteiger partial charge on any atom is -0.496 e. The number of ether oxygens (including phenoxy) is 2. The molecular weight excluding hydrogens is 254 g/mol. The van der Waals surface area contributed by atoms with Crippen molar-refractivity contribution in [1.29, 1.82) is 0 Å². The molecule has 112 valence electrons. The zero-order valence-electron chi connectivity index (χ0n) is 12.8. The van der Waals surface area contributed by atoms with Crippen molar-refractivity contribution in [2.45, 2.75) is 32.5 Å². The Morgan fingerprint density at radius 1 is 1.45 bits per heavy atom. The van der Waals surface area contributed by atoms with E-state index in [0.717, 1.165) is 30.0 Å². The van der Waals surface area contributed by atoms with Crippen molar-refractivity contribution in [2.75, 3.05) is 33.4 Å². The summed E-state index contributed by atoms with van der Waals surface area (Å²) in [6, 6.07) is 5.90. The molecule has 0 radical (unpaired) electrons. The molecule has 1 aliphatic heterocycles. The van der Waals surface area contributed by atoms with Gasteiger partial charge in [-0.3, -0.25) is 4.90 Å². The Kier molecular flexibility index (Phi) is 4.68. The fourth-order valence-electron chi connectivity index (χ4n) is 2.73. The molecule has 0 spiro atoms. The van der Waals surface area contributed by atoms with Crippen LogP contribution in [0.15, 0.2) is 18.2 Å². The second kappa shape index (κ2) is 6.12. The lowest BCUT2D eigenvalue weighted by molar-refractivity contribution is -0.0933. The Hall–Kier alpha value is -1.10. The van der Waals surface area contributed by atoms with Crippen molar-refractivity contribution in [1.82, 2.24) is 4.90 Å². The van der Waals surface area contributed by atoms with Crippen LogP contribution in [0.1, 0.15) is 31.1 Å². The number of aliphatic hydroxyl groups excluding tert-OH is 1. The molecule has 1 saturated heterocycles. The summed E-state index contributed by atoms with van der Waals surface area (Å²) in [6.07, 6.45) is -0.543. The molecule has 0 aromatic heterocycles. The summed E-state index contributed by atoms with van der Waals surface area (Å²) in [6.45, 7) is 9.19. The van der Waals surface area contributed by atoms with Gasteiger partial charge in [-0.2, -0.15) is 0 Å². The van der Waals surface area contributed by atoms with Crippen LogP contribution in [0.5, 0.6) is 5.75 Å². The summed E-state index contributed by atoms with van der Waals surface area (Å²) in [5.41, 5.74) is 1.84. The first kappa shape index (κ1) is 15.3. The minimum absolute atomic E-state index is 0.144. The van der Waals surface area contributed by atoms with E-state index in [1.165, 1.54) is 0 Å². The second-order valence-electron chi connectivity index (χ2n) is 6.10. The Bertz CT molecular complexity index is 459. The molecule has 0 bridgehead atoms. The number of hydrogen-bond donors (Lipinski definition) is 1. The highest BCUT2D eigenvalue weighted by Gasteiger charge is 2.28. The predicted molar refractivity (Wildman–Crippen MR) is 79.2 cm³/mol. The number of benzene rings is 1. The highest BCUT2D eigenvalue weighted by atomic mass is 16.5. The third-order valence-electron chi connectivity index (χ3n) is 3.68. The molecule has 0 amide bonds. The lowest BCUT2D eigenvalue weighted by Gasteiger charge is -2.39. The third-order valence-corrected chi connectivity index (χ3v) is 3.68. The molecule has 1 fully saturated rings. The Morgan fingerprint density at radius 3 is 2.85 bits per heavy atom. The van der Waals surface area contributed by atoms with Gasteiger partial charge in [0.25, 0.3) is 0 Å². The van der Waals surface area contributed by atoms with Crippen molar-refractivity contribution in [3.05, 3.63) is 29.3 Å². The van der Waals surface area contributed by atoms with Crippen LogP contribution < -0.4 is 4.74 Å². The summed E-state index contributed by atoms with van der Waals surface area (Å²) in [7, 11) is 1.64. The summed E-state index contributed by atoms with van der Waals surface area (Å²) >= 11 is 0. The van der Waals surface area contributed by atoms with Crippen LogP contribution >= 0.6 is 0 Å². The molecule has 2 rings (SSSR count). The molecule has 1 aliphatic rings. The number of rotatable bonds is 4. The van der Waals surface area contributed by atoms with Gasteiger partial charge in [0.2, 0.25) is 0 Å². The lowest BCUT2D eigenvalue weighted by Crippen LogP contribution is -2.49. The summed E-state index contributed by atoms with van der Waals surface area (Å²) in [5, 5.41) is 10.5. The molecular formula is C16H25NO3. The average molecular weight is 279 g/mol. The molecule has 0 aliphatic carbocycles. The van der Waals surface area contributed by atoms with Crippen molar-refractivity contribution in [3.63, 3.8) is 0 Å². The van der Waals surface area contributed by atoms with Gasteiger partial charge in [0.05, 0.1) is 25.4 Å². The number of aliphatic hydroxyl groups is 1. The summed E-state index contributed by atoms with van der Waals surface area (Å²) < 4.78 is 11.0. The van der Waals surface area contributed by atoms with Crippen LogP contribution in [0.25, 0.3) is 0 Å². The smallest absolute Gasteiger partial charge is 0.124 e. The molecule has 4 heteroatoms. The number of β-amino-alcohol motifs (C(OH)–C–C–N with tert-alkyl or cyclic N) is 1. The van der Waals surface area contributed by atoms with Gasteiger partial charge in [0, 0.05) is 25.2 Å². The first-order chi connectivity index (χ1) is 9.41. The van der Waals surface area contributed by atoms with Gasteiger partial charge < -0.3 is 14.6 Å². The van der Waals surface area contributed by atoms with Gasteiger partial charge in [-0.15, -0.1) is 0 Å². The monoisotopic (exact) mass is 279 g/mol. The van der Waals surface area contributed by atoms with Gasteiger partial charge in [-0.05, 0) is 32.9 Å². The van der Waals surface area contributed by atoms with E-state index >= 15 is 0 Å². The molecule has 0 saturated carbocycles. The zero-order valence-corrected chi connectivity index (χ0v) is 12.8. The molecule has 4 nitrogen and oxygen atoms in total. The standard InChI is InChI=1S/C16H25NO3/c1-12-5-6-15(19-4)13(9-12)14(18)10-17-7-8-20-16(2,3)11-17/h5-6,9,14,18H,7-8,10-11H2,1-4H3. The molecule has 1 aromatic carbocycles. The van der Waals surface area contributed by atoms with Crippen molar-refractivity contribution in [3.8, 4) is 5.75 Å². The van der Waals surface area contributed by atoms with E-state index in [0.29, 0.717) is 13.2 Å². The Balaban J connectivity index is 2.08. The molecule has 1 aromatic rings. The van der Waals surface area contributed by atoms with Crippen molar-refractivity contribution in [2.24, 2.45) is 0 Å². The molecule has 1 atom stereocenters. The number of aryl methyl sites for hydroxylation is 1. The zero-order chi connectivity index (χ0) is 14.8.